The standard InChI is InChI=1S/C15H19N3O4/c1-10-17-18-15(22-10)6-7-16-14(19)9-11-4-5-12(20-2)13(8-11)21-3/h4-5,8H,6-7,9H2,1-3H3,(H,16,19). The van der Waals surface area contributed by atoms with Gasteiger partial charge in [-0.1, -0.05) is 6.07 Å². The van der Waals surface area contributed by atoms with Crippen LogP contribution in [0.15, 0.2) is 22.6 Å². The minimum atomic E-state index is -0.0801. The summed E-state index contributed by atoms with van der Waals surface area (Å²) in [4.78, 5) is 11.9. The number of aryl methyl sites for hydroxylation is 1. The van der Waals surface area contributed by atoms with Crippen molar-refractivity contribution >= 4 is 5.91 Å². The van der Waals surface area contributed by atoms with Crippen molar-refractivity contribution in [3.8, 4) is 11.5 Å². The smallest absolute Gasteiger partial charge is 0.224 e. The van der Waals surface area contributed by atoms with Crippen LogP contribution in [0.25, 0.3) is 0 Å². The van der Waals surface area contributed by atoms with Crippen LogP contribution in [0.3, 0.4) is 0 Å². The number of nitrogens with zero attached hydrogens (tertiary/aromatic N) is 2. The average molecular weight is 305 g/mol. The summed E-state index contributed by atoms with van der Waals surface area (Å²) in [5.41, 5.74) is 0.851. The third kappa shape index (κ3) is 4.21. The van der Waals surface area contributed by atoms with Gasteiger partial charge in [-0.05, 0) is 17.7 Å². The van der Waals surface area contributed by atoms with E-state index in [9.17, 15) is 4.79 Å². The van der Waals surface area contributed by atoms with E-state index < -0.39 is 0 Å². The first-order valence-corrected chi connectivity index (χ1v) is 6.89. The Hall–Kier alpha value is -2.57. The molecule has 7 heteroatoms. The van der Waals surface area contributed by atoms with Crippen LogP contribution in [-0.4, -0.2) is 36.9 Å². The van der Waals surface area contributed by atoms with Gasteiger partial charge in [0.25, 0.3) is 0 Å². The Morgan fingerprint density at radius 1 is 1.23 bits per heavy atom. The van der Waals surface area contributed by atoms with Gasteiger partial charge in [-0.15, -0.1) is 10.2 Å². The van der Waals surface area contributed by atoms with E-state index in [1.807, 2.05) is 6.07 Å². The molecule has 0 saturated heterocycles. The van der Waals surface area contributed by atoms with Gasteiger partial charge >= 0.3 is 0 Å². The van der Waals surface area contributed by atoms with Crippen molar-refractivity contribution in [3.63, 3.8) is 0 Å². The molecule has 1 aromatic carbocycles. The Bertz CT molecular complexity index is 639. The van der Waals surface area contributed by atoms with Gasteiger partial charge in [0.2, 0.25) is 17.7 Å². The first kappa shape index (κ1) is 15.8. The van der Waals surface area contributed by atoms with Gasteiger partial charge in [0.1, 0.15) is 0 Å². The predicted octanol–water partition coefficient (Wildman–Crippen LogP) is 1.30. The van der Waals surface area contributed by atoms with Crippen molar-refractivity contribution in [2.45, 2.75) is 19.8 Å². The number of hydrogen-bond acceptors (Lipinski definition) is 6. The molecule has 1 heterocycles. The van der Waals surface area contributed by atoms with E-state index in [0.29, 0.717) is 36.2 Å². The van der Waals surface area contributed by atoms with Crippen molar-refractivity contribution in [2.75, 3.05) is 20.8 Å². The van der Waals surface area contributed by atoms with Gasteiger partial charge in [-0.3, -0.25) is 4.79 Å². The average Bonchev–Trinajstić information content (AvgIpc) is 2.92. The second-order valence-electron chi connectivity index (χ2n) is 4.68. The van der Waals surface area contributed by atoms with Gasteiger partial charge in [0.15, 0.2) is 11.5 Å². The van der Waals surface area contributed by atoms with Crippen LogP contribution >= 0.6 is 0 Å². The molecule has 0 aliphatic carbocycles. The highest BCUT2D eigenvalue weighted by Crippen LogP contribution is 2.27. The van der Waals surface area contributed by atoms with Crippen LogP contribution in [0.1, 0.15) is 17.3 Å². The largest absolute Gasteiger partial charge is 0.493 e. The molecular formula is C15H19N3O4. The molecule has 1 N–H and O–H groups in total. The zero-order chi connectivity index (χ0) is 15.9. The highest BCUT2D eigenvalue weighted by molar-refractivity contribution is 5.78. The van der Waals surface area contributed by atoms with Gasteiger partial charge in [0, 0.05) is 19.9 Å². The Morgan fingerprint density at radius 3 is 2.64 bits per heavy atom. The quantitative estimate of drug-likeness (QED) is 0.829. The molecule has 0 spiro atoms. The molecule has 0 atom stereocenters. The third-order valence-corrected chi connectivity index (χ3v) is 3.04. The van der Waals surface area contributed by atoms with Crippen LogP contribution in [-0.2, 0) is 17.6 Å². The number of amides is 1. The van der Waals surface area contributed by atoms with Gasteiger partial charge in [-0.2, -0.15) is 0 Å². The molecule has 2 rings (SSSR count). The molecule has 0 bridgehead atoms. The number of carbonyl (C=O) groups excluding carboxylic acids is 1. The summed E-state index contributed by atoms with van der Waals surface area (Å²) in [5, 5.41) is 10.4. The number of hydrogen-bond donors (Lipinski definition) is 1. The minimum absolute atomic E-state index is 0.0801. The predicted molar refractivity (Wildman–Crippen MR) is 79.0 cm³/mol. The molecule has 0 aliphatic heterocycles. The fraction of sp³-hybridized carbons (Fsp3) is 0.400. The van der Waals surface area contributed by atoms with Crippen molar-refractivity contribution < 1.29 is 18.7 Å². The minimum Gasteiger partial charge on any atom is -0.493 e. The molecule has 22 heavy (non-hydrogen) atoms. The lowest BCUT2D eigenvalue weighted by atomic mass is 10.1. The lowest BCUT2D eigenvalue weighted by molar-refractivity contribution is -0.120. The number of carbonyl (C=O) groups is 1. The Morgan fingerprint density at radius 2 is 2.00 bits per heavy atom. The number of ether oxygens (including phenoxy) is 2. The summed E-state index contributed by atoms with van der Waals surface area (Å²) in [6.45, 7) is 2.18. The zero-order valence-electron chi connectivity index (χ0n) is 12.9. The van der Waals surface area contributed by atoms with E-state index >= 15 is 0 Å². The molecule has 118 valence electrons. The van der Waals surface area contributed by atoms with E-state index in [1.54, 1.807) is 33.3 Å². The molecule has 0 aliphatic rings. The molecule has 2 aromatic rings. The molecule has 0 radical (unpaired) electrons. The number of nitrogens with one attached hydrogen (secondary N) is 1. The van der Waals surface area contributed by atoms with Crippen molar-refractivity contribution in [2.24, 2.45) is 0 Å². The molecule has 1 aromatic heterocycles. The Kier molecular flexibility index (Phi) is 5.35. The topological polar surface area (TPSA) is 86.5 Å². The maximum absolute atomic E-state index is 11.9. The van der Waals surface area contributed by atoms with Crippen molar-refractivity contribution in [3.05, 3.63) is 35.5 Å². The number of aromatic nitrogens is 2. The van der Waals surface area contributed by atoms with Crippen LogP contribution < -0.4 is 14.8 Å². The summed E-state index contributed by atoms with van der Waals surface area (Å²) < 4.78 is 15.6. The number of methoxy groups -OCH3 is 2. The maximum atomic E-state index is 11.9. The summed E-state index contributed by atoms with van der Waals surface area (Å²) in [5.74, 6) is 2.20. The number of rotatable bonds is 7. The Labute approximate surface area is 128 Å². The highest BCUT2D eigenvalue weighted by atomic mass is 16.5. The summed E-state index contributed by atoms with van der Waals surface area (Å²) in [6.07, 6.45) is 0.779. The van der Waals surface area contributed by atoms with Crippen LogP contribution in [0.2, 0.25) is 0 Å². The van der Waals surface area contributed by atoms with Gasteiger partial charge in [-0.25, -0.2) is 0 Å². The SMILES string of the molecule is COc1ccc(CC(=O)NCCc2nnc(C)o2)cc1OC. The molecule has 1 amide bonds. The zero-order valence-corrected chi connectivity index (χ0v) is 12.9. The summed E-state index contributed by atoms with van der Waals surface area (Å²) >= 11 is 0. The lowest BCUT2D eigenvalue weighted by Crippen LogP contribution is -2.27. The molecular weight excluding hydrogens is 286 g/mol. The first-order valence-electron chi connectivity index (χ1n) is 6.89. The van der Waals surface area contributed by atoms with E-state index in [4.69, 9.17) is 13.9 Å². The van der Waals surface area contributed by atoms with E-state index in [0.717, 1.165) is 5.56 Å². The van der Waals surface area contributed by atoms with E-state index in [1.165, 1.54) is 0 Å². The summed E-state index contributed by atoms with van der Waals surface area (Å²) in [7, 11) is 3.14. The molecule has 0 fully saturated rings. The third-order valence-electron chi connectivity index (χ3n) is 3.04. The van der Waals surface area contributed by atoms with Gasteiger partial charge in [0.05, 0.1) is 20.6 Å². The lowest BCUT2D eigenvalue weighted by Gasteiger charge is -2.09. The first-order chi connectivity index (χ1) is 10.6. The Balaban J connectivity index is 1.84. The van der Waals surface area contributed by atoms with Crippen LogP contribution in [0.5, 0.6) is 11.5 Å². The second-order valence-corrected chi connectivity index (χ2v) is 4.68. The monoisotopic (exact) mass is 305 g/mol. The second kappa shape index (κ2) is 7.44. The molecule has 0 unspecified atom stereocenters. The highest BCUT2D eigenvalue weighted by Gasteiger charge is 2.09. The van der Waals surface area contributed by atoms with Crippen molar-refractivity contribution in [1.82, 2.24) is 15.5 Å². The number of benzene rings is 1. The van der Waals surface area contributed by atoms with E-state index in [2.05, 4.69) is 15.5 Å². The fourth-order valence-electron chi connectivity index (χ4n) is 1.99. The fourth-order valence-corrected chi connectivity index (χ4v) is 1.99. The summed E-state index contributed by atoms with van der Waals surface area (Å²) in [6, 6.07) is 5.41. The molecule has 7 nitrogen and oxygen atoms in total. The normalized spacial score (nSPS) is 10.3. The van der Waals surface area contributed by atoms with E-state index in [-0.39, 0.29) is 12.3 Å². The van der Waals surface area contributed by atoms with Crippen LogP contribution in [0, 0.1) is 6.92 Å². The van der Waals surface area contributed by atoms with Crippen LogP contribution in [0.4, 0.5) is 0 Å². The molecule has 0 saturated carbocycles. The van der Waals surface area contributed by atoms with Crippen molar-refractivity contribution in [1.29, 1.82) is 0 Å². The van der Waals surface area contributed by atoms with Gasteiger partial charge < -0.3 is 19.2 Å². The maximum Gasteiger partial charge on any atom is 0.224 e.